The molecule has 7 nitrogen and oxygen atoms in total. The highest BCUT2D eigenvalue weighted by Crippen LogP contribution is 2.45. The lowest BCUT2D eigenvalue weighted by Crippen LogP contribution is -2.43. The zero-order valence-corrected chi connectivity index (χ0v) is 19.3. The predicted octanol–water partition coefficient (Wildman–Crippen LogP) is 3.65. The number of hydrogen-bond donors (Lipinski definition) is 1. The van der Waals surface area contributed by atoms with Gasteiger partial charge in [0.1, 0.15) is 11.7 Å². The molecule has 1 heterocycles. The van der Waals surface area contributed by atoms with Gasteiger partial charge in [0.25, 0.3) is 0 Å². The van der Waals surface area contributed by atoms with E-state index in [1.54, 1.807) is 6.92 Å². The van der Waals surface area contributed by atoms with Crippen LogP contribution in [0.2, 0.25) is 0 Å². The van der Waals surface area contributed by atoms with Crippen molar-refractivity contribution in [2.45, 2.75) is 46.5 Å². The second-order valence-corrected chi connectivity index (χ2v) is 8.17. The lowest BCUT2D eigenvalue weighted by atomic mass is 9.69. The Kier molecular flexibility index (Phi) is 7.38. The zero-order chi connectivity index (χ0) is 23.4. The van der Waals surface area contributed by atoms with Crippen LogP contribution in [0.25, 0.3) is 0 Å². The number of ketones is 1. The van der Waals surface area contributed by atoms with Crippen molar-refractivity contribution in [2.24, 2.45) is 11.8 Å². The van der Waals surface area contributed by atoms with Crippen LogP contribution in [0.5, 0.6) is 5.75 Å². The van der Waals surface area contributed by atoms with Gasteiger partial charge in [0.15, 0.2) is 5.78 Å². The maximum absolute atomic E-state index is 13.6. The second-order valence-electron chi connectivity index (χ2n) is 8.17. The van der Waals surface area contributed by atoms with Crippen molar-refractivity contribution >= 4 is 17.7 Å². The van der Waals surface area contributed by atoms with Crippen LogP contribution in [0.4, 0.5) is 0 Å². The standard InChI is InChI=1S/C25H31NO6/c1-6-12-32-17-10-8-16(9-11-17)21-20(25(29)31-7-2)15(4)26-18-13-14(3)19(24(28)30-5)23(27)22(18)21/h8-11,14,19,21,26H,6-7,12-13H2,1-5H3/t14-,19+,21-/m1/s1. The first kappa shape index (κ1) is 23.6. The lowest BCUT2D eigenvalue weighted by molar-refractivity contribution is -0.151. The second kappa shape index (κ2) is 10.0. The minimum Gasteiger partial charge on any atom is -0.494 e. The zero-order valence-electron chi connectivity index (χ0n) is 19.3. The number of benzene rings is 1. The predicted molar refractivity (Wildman–Crippen MR) is 119 cm³/mol. The van der Waals surface area contributed by atoms with Gasteiger partial charge in [-0.15, -0.1) is 0 Å². The van der Waals surface area contributed by atoms with Crippen LogP contribution in [-0.2, 0) is 23.9 Å². The topological polar surface area (TPSA) is 90.9 Å². The maximum atomic E-state index is 13.6. The molecule has 0 radical (unpaired) electrons. The summed E-state index contributed by atoms with van der Waals surface area (Å²) in [5.74, 6) is -2.41. The summed E-state index contributed by atoms with van der Waals surface area (Å²) in [7, 11) is 1.28. The van der Waals surface area contributed by atoms with Crippen molar-refractivity contribution in [3.63, 3.8) is 0 Å². The first-order chi connectivity index (χ1) is 15.3. The number of esters is 2. The number of rotatable bonds is 7. The van der Waals surface area contributed by atoms with E-state index < -0.39 is 23.8 Å². The molecule has 7 heteroatoms. The van der Waals surface area contributed by atoms with Crippen LogP contribution in [-0.4, -0.2) is 38.0 Å². The van der Waals surface area contributed by atoms with Gasteiger partial charge in [0.2, 0.25) is 0 Å². The fourth-order valence-electron chi connectivity index (χ4n) is 4.47. The summed E-state index contributed by atoms with van der Waals surface area (Å²) in [6, 6.07) is 7.38. The van der Waals surface area contributed by atoms with Crippen molar-refractivity contribution in [2.75, 3.05) is 20.3 Å². The summed E-state index contributed by atoms with van der Waals surface area (Å²) in [5.41, 5.74) is 2.95. The highest BCUT2D eigenvalue weighted by Gasteiger charge is 2.47. The first-order valence-corrected chi connectivity index (χ1v) is 11.1. The van der Waals surface area contributed by atoms with Gasteiger partial charge in [-0.3, -0.25) is 9.59 Å². The third-order valence-corrected chi connectivity index (χ3v) is 5.92. The normalized spacial score (nSPS) is 22.8. The van der Waals surface area contributed by atoms with Gasteiger partial charge in [-0.1, -0.05) is 26.0 Å². The Bertz CT molecular complexity index is 959. The summed E-state index contributed by atoms with van der Waals surface area (Å²) < 4.78 is 15.9. The average Bonchev–Trinajstić information content (AvgIpc) is 2.77. The van der Waals surface area contributed by atoms with Crippen LogP contribution in [0.3, 0.4) is 0 Å². The summed E-state index contributed by atoms with van der Waals surface area (Å²) in [4.78, 5) is 39.0. The van der Waals surface area contributed by atoms with Gasteiger partial charge in [-0.25, -0.2) is 4.79 Å². The van der Waals surface area contributed by atoms with Crippen molar-refractivity contribution in [1.29, 1.82) is 0 Å². The summed E-state index contributed by atoms with van der Waals surface area (Å²) in [6.07, 6.45) is 1.39. The molecular formula is C25H31NO6. The van der Waals surface area contributed by atoms with E-state index in [1.807, 2.05) is 45.0 Å². The minimum atomic E-state index is -0.905. The molecule has 0 fully saturated rings. The van der Waals surface area contributed by atoms with Gasteiger partial charge in [-0.05, 0) is 50.3 Å². The number of carbonyl (C=O) groups excluding carboxylic acids is 3. The fourth-order valence-corrected chi connectivity index (χ4v) is 4.47. The molecule has 1 aromatic rings. The Hall–Kier alpha value is -3.09. The Balaban J connectivity index is 2.11. The molecule has 1 aliphatic heterocycles. The fraction of sp³-hybridized carbons (Fsp3) is 0.480. The highest BCUT2D eigenvalue weighted by molar-refractivity contribution is 6.12. The molecule has 0 bridgehead atoms. The molecule has 32 heavy (non-hydrogen) atoms. The number of nitrogens with one attached hydrogen (secondary N) is 1. The lowest BCUT2D eigenvalue weighted by Gasteiger charge is -2.38. The molecule has 0 saturated carbocycles. The van der Waals surface area contributed by atoms with Crippen LogP contribution < -0.4 is 10.1 Å². The summed E-state index contributed by atoms with van der Waals surface area (Å²) in [6.45, 7) is 8.26. The number of carbonyl (C=O) groups is 3. The van der Waals surface area contributed by atoms with E-state index in [9.17, 15) is 14.4 Å². The molecule has 3 rings (SSSR count). The van der Waals surface area contributed by atoms with Crippen molar-refractivity contribution < 1.29 is 28.6 Å². The van der Waals surface area contributed by atoms with Crippen LogP contribution in [0.15, 0.2) is 46.8 Å². The maximum Gasteiger partial charge on any atom is 0.336 e. The van der Waals surface area contributed by atoms with Crippen LogP contribution in [0, 0.1) is 11.8 Å². The molecule has 0 aromatic heterocycles. The Labute approximate surface area is 188 Å². The molecule has 172 valence electrons. The van der Waals surface area contributed by atoms with E-state index in [1.165, 1.54) is 7.11 Å². The van der Waals surface area contributed by atoms with Gasteiger partial charge in [0.05, 0.1) is 25.9 Å². The number of ether oxygens (including phenoxy) is 3. The van der Waals surface area contributed by atoms with E-state index >= 15 is 0 Å². The van der Waals surface area contributed by atoms with Gasteiger partial charge >= 0.3 is 11.9 Å². The SMILES string of the molecule is CCCOc1ccc([C@@H]2C(C(=O)OCC)=C(C)NC3=C2C(=O)[C@@H](C(=O)OC)[C@H](C)C3)cc1. The largest absolute Gasteiger partial charge is 0.494 e. The van der Waals surface area contributed by atoms with Crippen LogP contribution in [0.1, 0.15) is 52.0 Å². The Morgan fingerprint density at radius 1 is 1.16 bits per heavy atom. The molecule has 0 saturated heterocycles. The number of dihydropyridines is 1. The summed E-state index contributed by atoms with van der Waals surface area (Å²) >= 11 is 0. The molecule has 0 spiro atoms. The van der Waals surface area contributed by atoms with E-state index in [-0.39, 0.29) is 18.3 Å². The van der Waals surface area contributed by atoms with Gasteiger partial charge < -0.3 is 19.5 Å². The third-order valence-electron chi connectivity index (χ3n) is 5.92. The molecule has 1 aromatic carbocycles. The van der Waals surface area contributed by atoms with Crippen molar-refractivity contribution in [3.8, 4) is 5.75 Å². The van der Waals surface area contributed by atoms with Crippen molar-refractivity contribution in [1.82, 2.24) is 5.32 Å². The molecule has 1 N–H and O–H groups in total. The molecule has 2 aliphatic rings. The number of methoxy groups -OCH3 is 1. The van der Waals surface area contributed by atoms with E-state index in [4.69, 9.17) is 14.2 Å². The Morgan fingerprint density at radius 2 is 1.84 bits per heavy atom. The summed E-state index contributed by atoms with van der Waals surface area (Å²) in [5, 5.41) is 3.25. The smallest absolute Gasteiger partial charge is 0.336 e. The van der Waals surface area contributed by atoms with E-state index in [0.717, 1.165) is 17.7 Å². The third kappa shape index (κ3) is 4.42. The molecule has 0 amide bonds. The molecular weight excluding hydrogens is 410 g/mol. The molecule has 3 atom stereocenters. The van der Waals surface area contributed by atoms with E-state index in [0.29, 0.717) is 35.6 Å². The Morgan fingerprint density at radius 3 is 2.44 bits per heavy atom. The first-order valence-electron chi connectivity index (χ1n) is 11.1. The number of Topliss-reactive ketones (excluding diaryl/α,β-unsaturated/α-hetero) is 1. The average molecular weight is 442 g/mol. The van der Waals surface area contributed by atoms with Gasteiger partial charge in [-0.2, -0.15) is 0 Å². The quantitative estimate of drug-likeness (QED) is 0.510. The number of allylic oxidation sites excluding steroid dienone is 3. The highest BCUT2D eigenvalue weighted by atomic mass is 16.5. The molecule has 0 unspecified atom stereocenters. The van der Waals surface area contributed by atoms with Gasteiger partial charge in [0, 0.05) is 22.9 Å². The van der Waals surface area contributed by atoms with Crippen molar-refractivity contribution in [3.05, 3.63) is 52.4 Å². The number of hydrogen-bond acceptors (Lipinski definition) is 7. The van der Waals surface area contributed by atoms with E-state index in [2.05, 4.69) is 5.32 Å². The van der Waals surface area contributed by atoms with Crippen LogP contribution >= 0.6 is 0 Å². The molecule has 1 aliphatic carbocycles. The minimum absolute atomic E-state index is 0.216. The monoisotopic (exact) mass is 441 g/mol.